The molecule has 0 aromatic rings. The maximum atomic E-state index is 11.1. The van der Waals surface area contributed by atoms with Gasteiger partial charge < -0.3 is 14.9 Å². The predicted octanol–water partition coefficient (Wildman–Crippen LogP) is 6.21. The van der Waals surface area contributed by atoms with E-state index in [9.17, 15) is 15.0 Å². The van der Waals surface area contributed by atoms with Gasteiger partial charge in [0.25, 0.3) is 0 Å². The molecule has 0 aromatic carbocycles. The summed E-state index contributed by atoms with van der Waals surface area (Å²) in [6.07, 6.45) is 14.2. The Hall–Kier alpha value is -1.19. The molecule has 1 aliphatic carbocycles. The normalized spacial score (nSPS) is 21.2. The topological polar surface area (TPSA) is 66.8 Å². The lowest BCUT2D eigenvalue weighted by atomic mass is 9.88. The average molecular weight is 355 g/mol. The van der Waals surface area contributed by atoms with E-state index in [1.54, 1.807) is 0 Å². The van der Waals surface area contributed by atoms with Crippen LogP contribution in [0, 0.1) is 11.8 Å². The molecule has 1 rings (SSSR count). The maximum absolute atomic E-state index is 11.1. The number of allylic oxidation sites excluding steroid dienone is 2. The Morgan fingerprint density at radius 3 is 2.36 bits per heavy atom. The number of carbonyl (C=O) groups is 1. The van der Waals surface area contributed by atoms with Crippen molar-refractivity contribution in [1.82, 2.24) is 0 Å². The van der Waals surface area contributed by atoms with E-state index in [1.165, 1.54) is 20.0 Å². The molecule has 4 heteroatoms. The quantitative estimate of drug-likeness (QED) is 0.234. The summed E-state index contributed by atoms with van der Waals surface area (Å²) in [6, 6.07) is 0. The molecule has 1 fully saturated rings. The highest BCUT2D eigenvalue weighted by atomic mass is 16.5. The van der Waals surface area contributed by atoms with Crippen LogP contribution >= 0.6 is 0 Å². The van der Waals surface area contributed by atoms with Crippen molar-refractivity contribution in [3.63, 3.8) is 0 Å². The Morgan fingerprint density at radius 1 is 0.960 bits per heavy atom. The molecule has 2 N–H and O–H groups in total. The third-order valence-corrected chi connectivity index (χ3v) is 5.51. The Kier molecular flexibility index (Phi) is 11.4. The van der Waals surface area contributed by atoms with Crippen molar-refractivity contribution in [2.24, 2.45) is 11.8 Å². The lowest BCUT2D eigenvalue weighted by Gasteiger charge is -2.20. The van der Waals surface area contributed by atoms with Crippen molar-refractivity contribution in [1.29, 1.82) is 0 Å². The zero-order valence-corrected chi connectivity index (χ0v) is 16.3. The minimum atomic E-state index is -0.125. The molecule has 0 unspecified atom stereocenters. The zero-order valence-electron chi connectivity index (χ0n) is 16.3. The average Bonchev–Trinajstić information content (AvgIpc) is 3.08. The van der Waals surface area contributed by atoms with Crippen molar-refractivity contribution in [3.8, 4) is 0 Å². The highest BCUT2D eigenvalue weighted by molar-refractivity contribution is 5.68. The van der Waals surface area contributed by atoms with Crippen LogP contribution in [-0.2, 0) is 9.53 Å². The zero-order chi connectivity index (χ0) is 18.5. The number of rotatable bonds is 13. The number of unbranched alkanes of at least 4 members (excludes halogenated alkanes) is 6. The van der Waals surface area contributed by atoms with Crippen LogP contribution in [0.3, 0.4) is 0 Å². The van der Waals surface area contributed by atoms with E-state index in [4.69, 9.17) is 0 Å². The van der Waals surface area contributed by atoms with Crippen molar-refractivity contribution < 1.29 is 19.7 Å². The first-order valence-electron chi connectivity index (χ1n) is 10.3. The van der Waals surface area contributed by atoms with Crippen LogP contribution in [0.1, 0.15) is 96.8 Å². The number of aliphatic hydroxyl groups excluding tert-OH is 2. The van der Waals surface area contributed by atoms with Crippen molar-refractivity contribution >= 4 is 5.97 Å². The number of hydrogen-bond donors (Lipinski definition) is 2. The number of hydrogen-bond acceptors (Lipinski definition) is 4. The molecule has 0 radical (unpaired) electrons. The number of esters is 1. The summed E-state index contributed by atoms with van der Waals surface area (Å²) in [6.45, 7) is 2.17. The molecule has 25 heavy (non-hydrogen) atoms. The Balaban J connectivity index is 2.28. The molecule has 0 heterocycles. The van der Waals surface area contributed by atoms with Gasteiger partial charge in [-0.15, -0.1) is 0 Å². The van der Waals surface area contributed by atoms with Gasteiger partial charge in [-0.1, -0.05) is 51.9 Å². The highest BCUT2D eigenvalue weighted by Crippen LogP contribution is 2.40. The molecule has 0 bridgehead atoms. The summed E-state index contributed by atoms with van der Waals surface area (Å²) in [4.78, 5) is 11.1. The minimum Gasteiger partial charge on any atom is -0.509 e. The molecular formula is C21H38O4. The van der Waals surface area contributed by atoms with E-state index >= 15 is 0 Å². The molecule has 0 spiro atoms. The van der Waals surface area contributed by atoms with Gasteiger partial charge in [0.15, 0.2) is 0 Å². The van der Waals surface area contributed by atoms with Crippen molar-refractivity contribution in [2.45, 2.75) is 96.8 Å². The van der Waals surface area contributed by atoms with Crippen LogP contribution in [0.25, 0.3) is 0 Å². The van der Waals surface area contributed by atoms with Crippen LogP contribution in [0.2, 0.25) is 0 Å². The molecule has 0 amide bonds. The summed E-state index contributed by atoms with van der Waals surface area (Å²) < 4.78 is 4.65. The number of ether oxygens (including phenoxy) is 1. The van der Waals surface area contributed by atoms with Gasteiger partial charge in [0.05, 0.1) is 7.11 Å². The molecule has 0 aromatic heterocycles. The molecule has 4 nitrogen and oxygen atoms in total. The molecule has 1 aliphatic rings. The standard InChI is InChI=1S/C21H38O4/c1-3-4-5-9-15-19(22)21(24)18-14-11-13-17(18)12-8-6-7-10-16-20(23)25-2/h17-18,22,24H,3-16H2,1-2H3/t17-,18-/m0/s1. The third kappa shape index (κ3) is 8.64. The van der Waals surface area contributed by atoms with Crippen molar-refractivity contribution in [2.75, 3.05) is 7.11 Å². The van der Waals surface area contributed by atoms with Crippen LogP contribution in [0.5, 0.6) is 0 Å². The third-order valence-electron chi connectivity index (χ3n) is 5.51. The smallest absolute Gasteiger partial charge is 0.305 e. The molecule has 0 saturated heterocycles. The lowest BCUT2D eigenvalue weighted by molar-refractivity contribution is -0.140. The van der Waals surface area contributed by atoms with Crippen LogP contribution < -0.4 is 0 Å². The van der Waals surface area contributed by atoms with Gasteiger partial charge in [0.2, 0.25) is 0 Å². The van der Waals surface area contributed by atoms with Gasteiger partial charge in [-0.25, -0.2) is 0 Å². The SMILES string of the molecule is CCCCCCC(O)=C(O)[C@H]1CCC[C@@H]1CCCCCCC(=O)OC. The fraction of sp³-hybridized carbons (Fsp3) is 0.857. The summed E-state index contributed by atoms with van der Waals surface area (Å²) in [5.41, 5.74) is 0. The first-order chi connectivity index (χ1) is 12.1. The summed E-state index contributed by atoms with van der Waals surface area (Å²) in [7, 11) is 1.43. The lowest BCUT2D eigenvalue weighted by Crippen LogP contribution is -2.13. The Bertz CT molecular complexity index is 403. The van der Waals surface area contributed by atoms with E-state index in [2.05, 4.69) is 11.7 Å². The minimum absolute atomic E-state index is 0.125. The second-order valence-corrected chi connectivity index (χ2v) is 7.47. The predicted molar refractivity (Wildman–Crippen MR) is 102 cm³/mol. The fourth-order valence-corrected chi connectivity index (χ4v) is 3.94. The molecule has 2 atom stereocenters. The first kappa shape index (κ1) is 21.9. The van der Waals surface area contributed by atoms with E-state index in [1.807, 2.05) is 0 Å². The number of aliphatic hydroxyl groups is 2. The fourth-order valence-electron chi connectivity index (χ4n) is 3.94. The van der Waals surface area contributed by atoms with Crippen molar-refractivity contribution in [3.05, 3.63) is 11.5 Å². The Morgan fingerprint density at radius 2 is 1.64 bits per heavy atom. The van der Waals surface area contributed by atoms with Gasteiger partial charge in [-0.3, -0.25) is 4.79 Å². The van der Waals surface area contributed by atoms with Crippen LogP contribution in [0.4, 0.5) is 0 Å². The monoisotopic (exact) mass is 354 g/mol. The van der Waals surface area contributed by atoms with Gasteiger partial charge in [-0.05, 0) is 38.0 Å². The highest BCUT2D eigenvalue weighted by Gasteiger charge is 2.31. The summed E-state index contributed by atoms with van der Waals surface area (Å²) in [5.74, 6) is 1.02. The number of carbonyl (C=O) groups excluding carboxylic acids is 1. The Labute approximate surface area is 153 Å². The second kappa shape index (κ2) is 13.1. The van der Waals surface area contributed by atoms with Gasteiger partial charge in [0.1, 0.15) is 11.5 Å². The first-order valence-corrected chi connectivity index (χ1v) is 10.3. The molecule has 146 valence electrons. The van der Waals surface area contributed by atoms with E-state index in [0.717, 1.165) is 64.2 Å². The maximum Gasteiger partial charge on any atom is 0.305 e. The summed E-state index contributed by atoms with van der Waals surface area (Å²) >= 11 is 0. The number of methoxy groups -OCH3 is 1. The van der Waals surface area contributed by atoms with Crippen LogP contribution in [0.15, 0.2) is 11.5 Å². The van der Waals surface area contributed by atoms with Crippen LogP contribution in [-0.4, -0.2) is 23.3 Å². The molecule has 1 saturated carbocycles. The largest absolute Gasteiger partial charge is 0.509 e. The van der Waals surface area contributed by atoms with Gasteiger partial charge in [-0.2, -0.15) is 0 Å². The molecular weight excluding hydrogens is 316 g/mol. The van der Waals surface area contributed by atoms with E-state index in [-0.39, 0.29) is 23.4 Å². The second-order valence-electron chi connectivity index (χ2n) is 7.47. The molecule has 0 aliphatic heterocycles. The van der Waals surface area contributed by atoms with Gasteiger partial charge >= 0.3 is 5.97 Å². The summed E-state index contributed by atoms with van der Waals surface area (Å²) in [5, 5.41) is 20.6. The van der Waals surface area contributed by atoms with Gasteiger partial charge in [0, 0.05) is 18.8 Å². The van der Waals surface area contributed by atoms with E-state index < -0.39 is 0 Å². The van der Waals surface area contributed by atoms with E-state index in [0.29, 0.717) is 18.8 Å².